The highest BCUT2D eigenvalue weighted by Crippen LogP contribution is 2.40. The van der Waals surface area contributed by atoms with E-state index < -0.39 is 5.60 Å². The van der Waals surface area contributed by atoms with Crippen molar-refractivity contribution in [1.82, 2.24) is 10.2 Å². The van der Waals surface area contributed by atoms with E-state index in [4.69, 9.17) is 4.74 Å². The quantitative estimate of drug-likeness (QED) is 0.891. The van der Waals surface area contributed by atoms with E-state index in [0.29, 0.717) is 17.9 Å². The normalized spacial score (nSPS) is 26.8. The molecule has 1 N–H and O–H groups in total. The molecule has 1 aromatic carbocycles. The van der Waals surface area contributed by atoms with Gasteiger partial charge in [0.25, 0.3) is 0 Å². The van der Waals surface area contributed by atoms with Crippen molar-refractivity contribution in [2.24, 2.45) is 5.92 Å². The molecule has 3 atom stereocenters. The Morgan fingerprint density at radius 1 is 1.20 bits per heavy atom. The van der Waals surface area contributed by atoms with Crippen molar-refractivity contribution < 1.29 is 9.53 Å². The first-order valence-electron chi connectivity index (χ1n) is 9.68. The molecule has 1 heterocycles. The van der Waals surface area contributed by atoms with Crippen LogP contribution in [0, 0.1) is 5.92 Å². The molecule has 0 bridgehead atoms. The Bertz CT molecular complexity index is 567. The molecule has 0 radical (unpaired) electrons. The van der Waals surface area contributed by atoms with Crippen LogP contribution in [-0.2, 0) is 4.74 Å². The molecule has 1 saturated carbocycles. The van der Waals surface area contributed by atoms with E-state index >= 15 is 0 Å². The lowest BCUT2D eigenvalue weighted by molar-refractivity contribution is 0.0255. The van der Waals surface area contributed by atoms with E-state index in [9.17, 15) is 4.79 Å². The predicted molar refractivity (Wildman–Crippen MR) is 101 cm³/mol. The van der Waals surface area contributed by atoms with Crippen LogP contribution in [0.1, 0.15) is 57.9 Å². The van der Waals surface area contributed by atoms with Gasteiger partial charge in [0.2, 0.25) is 0 Å². The lowest BCUT2D eigenvalue weighted by Gasteiger charge is -2.26. The van der Waals surface area contributed by atoms with Crippen LogP contribution in [0.3, 0.4) is 0 Å². The Hall–Kier alpha value is -1.55. The third-order valence-corrected chi connectivity index (χ3v) is 5.19. The van der Waals surface area contributed by atoms with Crippen molar-refractivity contribution in [1.29, 1.82) is 0 Å². The number of ether oxygens (including phenoxy) is 1. The van der Waals surface area contributed by atoms with Crippen molar-refractivity contribution in [3.63, 3.8) is 0 Å². The summed E-state index contributed by atoms with van der Waals surface area (Å²) in [7, 11) is 0. The Balaban J connectivity index is 1.40. The fourth-order valence-electron chi connectivity index (χ4n) is 3.69. The highest BCUT2D eigenvalue weighted by molar-refractivity contribution is 5.68. The second-order valence-corrected chi connectivity index (χ2v) is 8.53. The zero-order chi connectivity index (χ0) is 17.9. The molecule has 2 aliphatic rings. The molecule has 1 amide bonds. The van der Waals surface area contributed by atoms with Crippen molar-refractivity contribution >= 4 is 6.09 Å². The van der Waals surface area contributed by atoms with Crippen LogP contribution in [0.15, 0.2) is 30.3 Å². The lowest BCUT2D eigenvalue weighted by atomic mass is 10.0. The standard InChI is InChI=1S/C21H32N2O2/c1-21(2,3)25-20(24)23-12-7-8-16(11-13-23)15-22-19-14-18(19)17-9-5-4-6-10-17/h4-6,9-10,16,18-19,22H,7-8,11-15H2,1-3H3/t16?,18-,19+/m1/s1. The number of likely N-dealkylation sites (tertiary alicyclic amines) is 1. The average molecular weight is 344 g/mol. The van der Waals surface area contributed by atoms with Crippen molar-refractivity contribution in [3.8, 4) is 0 Å². The molecule has 25 heavy (non-hydrogen) atoms. The number of rotatable bonds is 4. The molecule has 3 rings (SSSR count). The topological polar surface area (TPSA) is 41.6 Å². The fourth-order valence-corrected chi connectivity index (χ4v) is 3.69. The first-order chi connectivity index (χ1) is 11.9. The Kier molecular flexibility index (Phi) is 5.67. The van der Waals surface area contributed by atoms with Crippen molar-refractivity contribution in [2.45, 2.75) is 64.0 Å². The number of amides is 1. The molecule has 1 aliphatic heterocycles. The molecule has 1 aromatic rings. The number of carbonyl (C=O) groups is 1. The number of hydrogen-bond donors (Lipinski definition) is 1. The monoisotopic (exact) mass is 344 g/mol. The van der Waals surface area contributed by atoms with Gasteiger partial charge in [-0.15, -0.1) is 0 Å². The molecule has 1 saturated heterocycles. The maximum Gasteiger partial charge on any atom is 0.410 e. The van der Waals surface area contributed by atoms with Gasteiger partial charge < -0.3 is 15.0 Å². The van der Waals surface area contributed by atoms with Crippen molar-refractivity contribution in [2.75, 3.05) is 19.6 Å². The van der Waals surface area contributed by atoms with E-state index in [1.54, 1.807) is 0 Å². The summed E-state index contributed by atoms with van der Waals surface area (Å²) in [6.07, 6.45) is 4.41. The minimum Gasteiger partial charge on any atom is -0.444 e. The summed E-state index contributed by atoms with van der Waals surface area (Å²) in [6.45, 7) is 8.47. The summed E-state index contributed by atoms with van der Waals surface area (Å²) < 4.78 is 5.51. The first-order valence-corrected chi connectivity index (χ1v) is 9.68. The number of nitrogens with zero attached hydrogens (tertiary/aromatic N) is 1. The summed E-state index contributed by atoms with van der Waals surface area (Å²) in [5, 5.41) is 3.75. The second kappa shape index (κ2) is 7.77. The second-order valence-electron chi connectivity index (χ2n) is 8.53. The fraction of sp³-hybridized carbons (Fsp3) is 0.667. The number of nitrogens with one attached hydrogen (secondary N) is 1. The Morgan fingerprint density at radius 3 is 2.68 bits per heavy atom. The summed E-state index contributed by atoms with van der Waals surface area (Å²) in [5.74, 6) is 1.34. The minimum atomic E-state index is -0.414. The van der Waals surface area contributed by atoms with Crippen LogP contribution < -0.4 is 5.32 Å². The van der Waals surface area contributed by atoms with Crippen LogP contribution in [-0.4, -0.2) is 42.3 Å². The van der Waals surface area contributed by atoms with Gasteiger partial charge >= 0.3 is 6.09 Å². The average Bonchev–Trinajstić information content (AvgIpc) is 3.35. The Labute approximate surface area is 151 Å². The molecule has 2 fully saturated rings. The van der Waals surface area contributed by atoms with Gasteiger partial charge in [0.05, 0.1) is 0 Å². The number of benzene rings is 1. The molecule has 4 heteroatoms. The largest absolute Gasteiger partial charge is 0.444 e. The lowest BCUT2D eigenvalue weighted by Crippen LogP contribution is -2.37. The third kappa shape index (κ3) is 5.46. The molecular weight excluding hydrogens is 312 g/mol. The maximum absolute atomic E-state index is 12.2. The van der Waals surface area contributed by atoms with Crippen molar-refractivity contribution in [3.05, 3.63) is 35.9 Å². The maximum atomic E-state index is 12.2. The summed E-state index contributed by atoms with van der Waals surface area (Å²) in [6, 6.07) is 11.4. The van der Waals surface area contributed by atoms with Gasteiger partial charge in [0.15, 0.2) is 0 Å². The predicted octanol–water partition coefficient (Wildman–Crippen LogP) is 4.17. The molecule has 0 spiro atoms. The molecule has 0 aromatic heterocycles. The van der Waals surface area contributed by atoms with E-state index in [1.807, 2.05) is 25.7 Å². The van der Waals surface area contributed by atoms with Gasteiger partial charge in [0.1, 0.15) is 5.60 Å². The van der Waals surface area contributed by atoms with Crippen LogP contribution in [0.25, 0.3) is 0 Å². The summed E-state index contributed by atoms with van der Waals surface area (Å²) in [5.41, 5.74) is 1.04. The third-order valence-electron chi connectivity index (χ3n) is 5.19. The zero-order valence-corrected chi connectivity index (χ0v) is 15.8. The van der Waals surface area contributed by atoms with Gasteiger partial charge in [-0.2, -0.15) is 0 Å². The number of hydrogen-bond acceptors (Lipinski definition) is 3. The molecule has 138 valence electrons. The smallest absolute Gasteiger partial charge is 0.410 e. The first kappa shape index (κ1) is 18.2. The summed E-state index contributed by atoms with van der Waals surface area (Å²) in [4.78, 5) is 14.1. The van der Waals surface area contributed by atoms with Gasteiger partial charge in [-0.25, -0.2) is 4.79 Å². The molecular formula is C21H32N2O2. The number of carbonyl (C=O) groups excluding carboxylic acids is 1. The van der Waals surface area contributed by atoms with E-state index in [2.05, 4.69) is 35.6 Å². The van der Waals surface area contributed by atoms with Crippen LogP contribution in [0.4, 0.5) is 4.79 Å². The van der Waals surface area contributed by atoms with E-state index in [1.165, 1.54) is 18.4 Å². The molecule has 1 aliphatic carbocycles. The Morgan fingerprint density at radius 2 is 1.96 bits per heavy atom. The molecule has 1 unspecified atom stereocenters. The van der Waals surface area contributed by atoms with E-state index in [-0.39, 0.29) is 6.09 Å². The van der Waals surface area contributed by atoms with Gasteiger partial charge in [-0.3, -0.25) is 0 Å². The van der Waals surface area contributed by atoms with Gasteiger partial charge in [-0.05, 0) is 64.5 Å². The summed E-state index contributed by atoms with van der Waals surface area (Å²) >= 11 is 0. The van der Waals surface area contributed by atoms with Gasteiger partial charge in [0, 0.05) is 25.0 Å². The SMILES string of the molecule is CC(C)(C)OC(=O)N1CCCC(CN[C@H]2C[C@@H]2c2ccccc2)CC1. The highest BCUT2D eigenvalue weighted by atomic mass is 16.6. The van der Waals surface area contributed by atoms with Crippen LogP contribution in [0.2, 0.25) is 0 Å². The molecule has 4 nitrogen and oxygen atoms in total. The van der Waals surface area contributed by atoms with Gasteiger partial charge in [-0.1, -0.05) is 30.3 Å². The highest BCUT2D eigenvalue weighted by Gasteiger charge is 2.38. The van der Waals surface area contributed by atoms with Crippen LogP contribution in [0.5, 0.6) is 0 Å². The zero-order valence-electron chi connectivity index (χ0n) is 15.8. The van der Waals surface area contributed by atoms with Crippen LogP contribution >= 0.6 is 0 Å². The van der Waals surface area contributed by atoms with E-state index in [0.717, 1.165) is 32.5 Å². The minimum absolute atomic E-state index is 0.160.